The van der Waals surface area contributed by atoms with E-state index in [1.54, 1.807) is 12.1 Å². The van der Waals surface area contributed by atoms with Crippen molar-refractivity contribution < 1.29 is 13.7 Å². The van der Waals surface area contributed by atoms with Gasteiger partial charge < -0.3 is 14.2 Å². The van der Waals surface area contributed by atoms with E-state index >= 15 is 0 Å². The van der Waals surface area contributed by atoms with Crippen molar-refractivity contribution in [3.05, 3.63) is 54.2 Å². The average molecular weight is 370 g/mol. The summed E-state index contributed by atoms with van der Waals surface area (Å²) in [5.74, 6) is 1.90. The second-order valence-electron chi connectivity index (χ2n) is 5.46. The zero-order chi connectivity index (χ0) is 17.9. The number of halogens is 1. The molecule has 26 heavy (non-hydrogen) atoms. The van der Waals surface area contributed by atoms with E-state index in [1.165, 1.54) is 23.9 Å². The van der Waals surface area contributed by atoms with Crippen molar-refractivity contribution in [3.63, 3.8) is 0 Å². The van der Waals surface area contributed by atoms with Crippen molar-refractivity contribution in [2.24, 2.45) is 0 Å². The standard InChI is InChI=1S/C18H15FN4O2S/c1-2-24-13-7-8-14-15(9-13)21-18(20-14)26-10-16-22-17(23-25-16)11-3-5-12(19)6-4-11/h3-9H,2,10H2,1H3,(H,20,21). The molecule has 0 saturated carbocycles. The minimum absolute atomic E-state index is 0.301. The molecule has 2 aromatic heterocycles. The smallest absolute Gasteiger partial charge is 0.237 e. The Balaban J connectivity index is 1.45. The summed E-state index contributed by atoms with van der Waals surface area (Å²) in [6.45, 7) is 2.57. The summed E-state index contributed by atoms with van der Waals surface area (Å²) in [7, 11) is 0. The Labute approximate surface area is 152 Å². The molecule has 0 amide bonds. The number of fused-ring (bicyclic) bond motifs is 1. The van der Waals surface area contributed by atoms with Crippen LogP contribution in [0.1, 0.15) is 12.8 Å². The number of hydrogen-bond donors (Lipinski definition) is 1. The summed E-state index contributed by atoms with van der Waals surface area (Å²) in [4.78, 5) is 12.1. The first-order valence-electron chi connectivity index (χ1n) is 8.05. The summed E-state index contributed by atoms with van der Waals surface area (Å²) in [5, 5.41) is 4.69. The molecule has 0 fully saturated rings. The Morgan fingerprint density at radius 1 is 1.15 bits per heavy atom. The molecule has 6 nitrogen and oxygen atoms in total. The van der Waals surface area contributed by atoms with Crippen molar-refractivity contribution >= 4 is 22.8 Å². The fraction of sp³-hybridized carbons (Fsp3) is 0.167. The van der Waals surface area contributed by atoms with Gasteiger partial charge >= 0.3 is 0 Å². The second-order valence-corrected chi connectivity index (χ2v) is 6.43. The number of hydrogen-bond acceptors (Lipinski definition) is 6. The quantitative estimate of drug-likeness (QED) is 0.506. The highest BCUT2D eigenvalue weighted by molar-refractivity contribution is 7.98. The van der Waals surface area contributed by atoms with E-state index in [1.807, 2.05) is 25.1 Å². The van der Waals surface area contributed by atoms with Gasteiger partial charge in [0.1, 0.15) is 11.6 Å². The maximum Gasteiger partial charge on any atom is 0.237 e. The molecule has 0 spiro atoms. The maximum atomic E-state index is 13.0. The number of H-pyrrole nitrogens is 1. The number of imidazole rings is 1. The lowest BCUT2D eigenvalue weighted by Crippen LogP contribution is -1.90. The van der Waals surface area contributed by atoms with E-state index < -0.39 is 0 Å². The topological polar surface area (TPSA) is 76.8 Å². The van der Waals surface area contributed by atoms with Crippen LogP contribution >= 0.6 is 11.8 Å². The van der Waals surface area contributed by atoms with Gasteiger partial charge in [0.25, 0.3) is 0 Å². The molecule has 4 rings (SSSR count). The highest BCUT2D eigenvalue weighted by atomic mass is 32.2. The van der Waals surface area contributed by atoms with E-state index in [-0.39, 0.29) is 5.82 Å². The van der Waals surface area contributed by atoms with Crippen LogP contribution in [-0.2, 0) is 5.75 Å². The van der Waals surface area contributed by atoms with Gasteiger partial charge in [0.2, 0.25) is 11.7 Å². The van der Waals surface area contributed by atoms with Gasteiger partial charge in [-0.05, 0) is 43.3 Å². The number of benzene rings is 2. The van der Waals surface area contributed by atoms with Gasteiger partial charge in [0.15, 0.2) is 5.16 Å². The summed E-state index contributed by atoms with van der Waals surface area (Å²) in [6.07, 6.45) is 0. The highest BCUT2D eigenvalue weighted by Crippen LogP contribution is 2.26. The Hall–Kier alpha value is -2.87. The molecular formula is C18H15FN4O2S. The summed E-state index contributed by atoms with van der Waals surface area (Å²) in [6, 6.07) is 11.7. The third-order valence-corrected chi connectivity index (χ3v) is 4.50. The number of aromatic amines is 1. The molecule has 0 unspecified atom stereocenters. The molecule has 132 valence electrons. The van der Waals surface area contributed by atoms with Gasteiger partial charge in [-0.3, -0.25) is 0 Å². The van der Waals surface area contributed by atoms with Crippen LogP contribution in [0.5, 0.6) is 5.75 Å². The molecule has 8 heteroatoms. The van der Waals surface area contributed by atoms with Crippen LogP contribution in [0.3, 0.4) is 0 Å². The van der Waals surface area contributed by atoms with Gasteiger partial charge in [-0.25, -0.2) is 9.37 Å². The molecule has 4 aromatic rings. The minimum atomic E-state index is -0.301. The molecule has 0 aliphatic heterocycles. The Morgan fingerprint density at radius 2 is 2.00 bits per heavy atom. The maximum absolute atomic E-state index is 13.0. The molecule has 2 aromatic carbocycles. The number of nitrogens with one attached hydrogen (secondary N) is 1. The van der Waals surface area contributed by atoms with Crippen LogP contribution in [0, 0.1) is 5.82 Å². The van der Waals surface area contributed by atoms with E-state index in [2.05, 4.69) is 20.1 Å². The van der Waals surface area contributed by atoms with E-state index in [0.717, 1.165) is 21.9 Å². The molecule has 0 aliphatic carbocycles. The van der Waals surface area contributed by atoms with Gasteiger partial charge in [0.05, 0.1) is 23.4 Å². The first-order chi connectivity index (χ1) is 12.7. The predicted molar refractivity (Wildman–Crippen MR) is 96.5 cm³/mol. The summed E-state index contributed by atoms with van der Waals surface area (Å²) >= 11 is 1.47. The van der Waals surface area contributed by atoms with E-state index in [4.69, 9.17) is 9.26 Å². The zero-order valence-corrected chi connectivity index (χ0v) is 14.7. The minimum Gasteiger partial charge on any atom is -0.494 e. The predicted octanol–water partition coefficient (Wildman–Crippen LogP) is 4.44. The lowest BCUT2D eigenvalue weighted by Gasteiger charge is -2.00. The van der Waals surface area contributed by atoms with Gasteiger partial charge in [0, 0.05) is 11.6 Å². The molecule has 0 atom stereocenters. The molecule has 1 N–H and O–H groups in total. The van der Waals surface area contributed by atoms with Crippen molar-refractivity contribution in [1.29, 1.82) is 0 Å². The fourth-order valence-electron chi connectivity index (χ4n) is 2.45. The van der Waals surface area contributed by atoms with Crippen LogP contribution < -0.4 is 4.74 Å². The third kappa shape index (κ3) is 3.55. The molecule has 2 heterocycles. The van der Waals surface area contributed by atoms with Crippen LogP contribution in [0.25, 0.3) is 22.4 Å². The SMILES string of the molecule is CCOc1ccc2nc(SCc3nc(-c4ccc(F)cc4)no3)[nH]c2c1. The fourth-order valence-corrected chi connectivity index (χ4v) is 3.17. The van der Waals surface area contributed by atoms with Crippen LogP contribution in [0.4, 0.5) is 4.39 Å². The lowest BCUT2D eigenvalue weighted by atomic mass is 10.2. The monoisotopic (exact) mass is 370 g/mol. The number of thioether (sulfide) groups is 1. The first kappa shape index (κ1) is 16.6. The van der Waals surface area contributed by atoms with Crippen molar-refractivity contribution in [2.75, 3.05) is 6.61 Å². The zero-order valence-electron chi connectivity index (χ0n) is 13.9. The number of rotatable bonds is 6. The third-order valence-electron chi connectivity index (χ3n) is 3.65. The number of ether oxygens (including phenoxy) is 1. The first-order valence-corrected chi connectivity index (χ1v) is 9.03. The molecule has 0 saturated heterocycles. The largest absolute Gasteiger partial charge is 0.494 e. The number of nitrogens with zero attached hydrogens (tertiary/aromatic N) is 3. The Morgan fingerprint density at radius 3 is 2.81 bits per heavy atom. The van der Waals surface area contributed by atoms with Crippen molar-refractivity contribution in [2.45, 2.75) is 17.8 Å². The van der Waals surface area contributed by atoms with Gasteiger partial charge in [-0.1, -0.05) is 16.9 Å². The van der Waals surface area contributed by atoms with Gasteiger partial charge in [-0.15, -0.1) is 0 Å². The second kappa shape index (κ2) is 7.17. The van der Waals surface area contributed by atoms with E-state index in [0.29, 0.717) is 29.6 Å². The molecule has 0 bridgehead atoms. The Bertz CT molecular complexity index is 1030. The molecule has 0 radical (unpaired) electrons. The Kier molecular flexibility index (Phi) is 4.57. The highest BCUT2D eigenvalue weighted by Gasteiger charge is 2.11. The van der Waals surface area contributed by atoms with Crippen molar-refractivity contribution in [3.8, 4) is 17.1 Å². The average Bonchev–Trinajstić information content (AvgIpc) is 3.27. The van der Waals surface area contributed by atoms with Crippen LogP contribution in [0.15, 0.2) is 52.1 Å². The molecule has 0 aliphatic rings. The van der Waals surface area contributed by atoms with Crippen molar-refractivity contribution in [1.82, 2.24) is 20.1 Å². The summed E-state index contributed by atoms with van der Waals surface area (Å²) < 4.78 is 23.7. The van der Waals surface area contributed by atoms with Crippen LogP contribution in [-0.4, -0.2) is 26.7 Å². The van der Waals surface area contributed by atoms with Gasteiger partial charge in [-0.2, -0.15) is 4.98 Å². The molecular weight excluding hydrogens is 355 g/mol. The normalized spacial score (nSPS) is 11.2. The number of aromatic nitrogens is 4. The summed E-state index contributed by atoms with van der Waals surface area (Å²) in [5.41, 5.74) is 2.49. The van der Waals surface area contributed by atoms with Crippen LogP contribution in [0.2, 0.25) is 0 Å². The van der Waals surface area contributed by atoms with E-state index in [9.17, 15) is 4.39 Å². The lowest BCUT2D eigenvalue weighted by molar-refractivity contribution is 0.340.